The molecule has 0 bridgehead atoms. The minimum atomic E-state index is -0.623. The topological polar surface area (TPSA) is 55.1 Å². The molecule has 2 rings (SSSR count). The zero-order valence-corrected chi connectivity index (χ0v) is 12.9. The second-order valence-electron chi connectivity index (χ2n) is 5.11. The van der Waals surface area contributed by atoms with Crippen LogP contribution in [-0.2, 0) is 4.79 Å². The predicted octanol–water partition coefficient (Wildman–Crippen LogP) is 3.31. The SMILES string of the molecule is Cc1cc(C)cc(NC(=O)C(C(N)=S)c2ccccc2)c1. The number of hydrogen-bond donors (Lipinski definition) is 2. The lowest BCUT2D eigenvalue weighted by Crippen LogP contribution is -2.31. The van der Waals surface area contributed by atoms with E-state index in [-0.39, 0.29) is 10.9 Å². The highest BCUT2D eigenvalue weighted by molar-refractivity contribution is 7.80. The Morgan fingerprint density at radius 1 is 1.10 bits per heavy atom. The molecule has 0 radical (unpaired) electrons. The summed E-state index contributed by atoms with van der Waals surface area (Å²) in [6.07, 6.45) is 0. The molecular formula is C17H18N2OS. The van der Waals surface area contributed by atoms with E-state index in [0.717, 1.165) is 22.4 Å². The summed E-state index contributed by atoms with van der Waals surface area (Å²) in [6.45, 7) is 3.98. The summed E-state index contributed by atoms with van der Waals surface area (Å²) in [7, 11) is 0. The molecule has 21 heavy (non-hydrogen) atoms. The van der Waals surface area contributed by atoms with Crippen LogP contribution in [0.15, 0.2) is 48.5 Å². The van der Waals surface area contributed by atoms with Crippen LogP contribution in [-0.4, -0.2) is 10.9 Å². The zero-order valence-electron chi connectivity index (χ0n) is 12.1. The van der Waals surface area contributed by atoms with Gasteiger partial charge in [-0.2, -0.15) is 0 Å². The lowest BCUT2D eigenvalue weighted by Gasteiger charge is -2.16. The molecule has 108 valence electrons. The second kappa shape index (κ2) is 6.50. The minimum absolute atomic E-state index is 0.170. The molecule has 2 aromatic rings. The third kappa shape index (κ3) is 3.89. The molecule has 0 fully saturated rings. The maximum atomic E-state index is 12.5. The lowest BCUT2D eigenvalue weighted by atomic mass is 9.98. The number of hydrogen-bond acceptors (Lipinski definition) is 2. The van der Waals surface area contributed by atoms with Crippen molar-refractivity contribution in [3.05, 3.63) is 65.2 Å². The van der Waals surface area contributed by atoms with Gasteiger partial charge in [-0.3, -0.25) is 4.79 Å². The predicted molar refractivity (Wildman–Crippen MR) is 90.5 cm³/mol. The molecular weight excluding hydrogens is 280 g/mol. The molecule has 0 saturated carbocycles. The number of aryl methyl sites for hydroxylation is 2. The van der Waals surface area contributed by atoms with Crippen LogP contribution < -0.4 is 11.1 Å². The molecule has 0 aliphatic heterocycles. The Bertz CT molecular complexity index is 647. The van der Waals surface area contributed by atoms with Gasteiger partial charge >= 0.3 is 0 Å². The van der Waals surface area contributed by atoms with Gasteiger partial charge in [0, 0.05) is 5.69 Å². The Labute approximate surface area is 130 Å². The Kier molecular flexibility index (Phi) is 4.70. The van der Waals surface area contributed by atoms with E-state index in [4.69, 9.17) is 18.0 Å². The number of carbonyl (C=O) groups excluding carboxylic acids is 1. The fourth-order valence-corrected chi connectivity index (χ4v) is 2.59. The fourth-order valence-electron chi connectivity index (χ4n) is 2.35. The summed E-state index contributed by atoms with van der Waals surface area (Å²) in [5.41, 5.74) is 9.50. The van der Waals surface area contributed by atoms with Gasteiger partial charge in [-0.25, -0.2) is 0 Å². The molecule has 2 aromatic carbocycles. The molecule has 3 nitrogen and oxygen atoms in total. The number of rotatable bonds is 4. The molecule has 0 aliphatic carbocycles. The first kappa shape index (κ1) is 15.2. The quantitative estimate of drug-likeness (QED) is 0.851. The number of benzene rings is 2. The summed E-state index contributed by atoms with van der Waals surface area (Å²) in [4.78, 5) is 12.7. The number of amides is 1. The highest BCUT2D eigenvalue weighted by Crippen LogP contribution is 2.20. The monoisotopic (exact) mass is 298 g/mol. The number of nitrogens with one attached hydrogen (secondary N) is 1. The number of thiocarbonyl (C=S) groups is 1. The summed E-state index contributed by atoms with van der Waals surface area (Å²) in [5, 5.41) is 2.90. The highest BCUT2D eigenvalue weighted by atomic mass is 32.1. The van der Waals surface area contributed by atoms with E-state index in [2.05, 4.69) is 11.4 Å². The average molecular weight is 298 g/mol. The van der Waals surface area contributed by atoms with Gasteiger partial charge in [-0.15, -0.1) is 0 Å². The highest BCUT2D eigenvalue weighted by Gasteiger charge is 2.23. The molecule has 0 saturated heterocycles. The van der Waals surface area contributed by atoms with Gasteiger partial charge in [0.25, 0.3) is 0 Å². The molecule has 0 aromatic heterocycles. The first-order valence-electron chi connectivity index (χ1n) is 6.71. The van der Waals surface area contributed by atoms with Crippen LogP contribution in [0.4, 0.5) is 5.69 Å². The van der Waals surface area contributed by atoms with Crippen LogP contribution in [0.2, 0.25) is 0 Å². The van der Waals surface area contributed by atoms with Crippen LogP contribution in [0.3, 0.4) is 0 Å². The van der Waals surface area contributed by atoms with E-state index in [0.29, 0.717) is 0 Å². The normalized spacial score (nSPS) is 11.7. The van der Waals surface area contributed by atoms with Crippen molar-refractivity contribution >= 4 is 28.8 Å². The first-order valence-corrected chi connectivity index (χ1v) is 7.11. The lowest BCUT2D eigenvalue weighted by molar-refractivity contribution is -0.116. The maximum Gasteiger partial charge on any atom is 0.238 e. The van der Waals surface area contributed by atoms with E-state index < -0.39 is 5.92 Å². The third-order valence-corrected chi connectivity index (χ3v) is 3.40. The molecule has 1 unspecified atom stereocenters. The van der Waals surface area contributed by atoms with E-state index in [1.165, 1.54) is 0 Å². The minimum Gasteiger partial charge on any atom is -0.392 e. The van der Waals surface area contributed by atoms with Crippen LogP contribution >= 0.6 is 12.2 Å². The van der Waals surface area contributed by atoms with Gasteiger partial charge in [0.2, 0.25) is 5.91 Å². The van der Waals surface area contributed by atoms with Crippen molar-refractivity contribution in [1.29, 1.82) is 0 Å². The van der Waals surface area contributed by atoms with Gasteiger partial charge in [0.15, 0.2) is 0 Å². The van der Waals surface area contributed by atoms with Crippen molar-refractivity contribution in [3.63, 3.8) is 0 Å². The smallest absolute Gasteiger partial charge is 0.238 e. The van der Waals surface area contributed by atoms with Gasteiger partial charge in [-0.05, 0) is 42.7 Å². The largest absolute Gasteiger partial charge is 0.392 e. The molecule has 3 N–H and O–H groups in total. The number of carbonyl (C=O) groups is 1. The maximum absolute atomic E-state index is 12.5. The molecule has 0 aliphatic rings. The molecule has 0 heterocycles. The third-order valence-electron chi connectivity index (χ3n) is 3.17. The van der Waals surface area contributed by atoms with Crippen molar-refractivity contribution in [3.8, 4) is 0 Å². The first-order chi connectivity index (χ1) is 9.97. The Morgan fingerprint density at radius 2 is 1.67 bits per heavy atom. The van der Waals surface area contributed by atoms with Crippen molar-refractivity contribution in [2.75, 3.05) is 5.32 Å². The van der Waals surface area contributed by atoms with E-state index in [1.54, 1.807) is 0 Å². The fraction of sp³-hybridized carbons (Fsp3) is 0.176. The summed E-state index contributed by atoms with van der Waals surface area (Å²) in [6, 6.07) is 15.2. The van der Waals surface area contributed by atoms with E-state index >= 15 is 0 Å². The second-order valence-corrected chi connectivity index (χ2v) is 5.58. The van der Waals surface area contributed by atoms with Gasteiger partial charge in [0.05, 0.1) is 4.99 Å². The van der Waals surface area contributed by atoms with E-state index in [1.807, 2.05) is 56.3 Å². The summed E-state index contributed by atoms with van der Waals surface area (Å²) in [5.74, 6) is -0.833. The standard InChI is InChI=1S/C17H18N2OS/c1-11-8-12(2)10-14(9-11)19-17(20)15(16(18)21)13-6-4-3-5-7-13/h3-10,15H,1-2H3,(H2,18,21)(H,19,20). The Hall–Kier alpha value is -2.20. The van der Waals surface area contributed by atoms with Crippen molar-refractivity contribution in [2.45, 2.75) is 19.8 Å². The van der Waals surface area contributed by atoms with Crippen LogP contribution in [0.5, 0.6) is 0 Å². The van der Waals surface area contributed by atoms with Crippen molar-refractivity contribution in [1.82, 2.24) is 0 Å². The van der Waals surface area contributed by atoms with E-state index in [9.17, 15) is 4.79 Å². The van der Waals surface area contributed by atoms with Gasteiger partial charge in [-0.1, -0.05) is 48.6 Å². The molecule has 1 amide bonds. The average Bonchev–Trinajstić information content (AvgIpc) is 2.38. The Balaban J connectivity index is 2.26. The number of anilines is 1. The van der Waals surface area contributed by atoms with Crippen molar-refractivity contribution in [2.24, 2.45) is 5.73 Å². The number of nitrogens with two attached hydrogens (primary N) is 1. The molecule has 1 atom stereocenters. The van der Waals surface area contributed by atoms with Crippen LogP contribution in [0, 0.1) is 13.8 Å². The van der Waals surface area contributed by atoms with Gasteiger partial charge in [0.1, 0.15) is 5.92 Å². The Morgan fingerprint density at radius 3 is 2.19 bits per heavy atom. The zero-order chi connectivity index (χ0) is 15.4. The summed E-state index contributed by atoms with van der Waals surface area (Å²) < 4.78 is 0. The molecule has 0 spiro atoms. The van der Waals surface area contributed by atoms with Crippen LogP contribution in [0.25, 0.3) is 0 Å². The van der Waals surface area contributed by atoms with Crippen molar-refractivity contribution < 1.29 is 4.79 Å². The van der Waals surface area contributed by atoms with Gasteiger partial charge < -0.3 is 11.1 Å². The van der Waals surface area contributed by atoms with Crippen LogP contribution in [0.1, 0.15) is 22.6 Å². The summed E-state index contributed by atoms with van der Waals surface area (Å²) >= 11 is 5.06. The molecule has 4 heteroatoms.